The van der Waals surface area contributed by atoms with E-state index in [9.17, 15) is 14.7 Å². The number of H-pyrrole nitrogens is 1. The molecule has 188 valence electrons. The van der Waals surface area contributed by atoms with Gasteiger partial charge in [-0.05, 0) is 40.6 Å². The van der Waals surface area contributed by atoms with Crippen molar-refractivity contribution in [1.29, 1.82) is 0 Å². The molecule has 1 fully saturated rings. The molecule has 0 radical (unpaired) electrons. The smallest absolute Gasteiger partial charge is 0.302 e. The first-order valence-electron chi connectivity index (χ1n) is 12.0. The zero-order valence-corrected chi connectivity index (χ0v) is 20.6. The van der Waals surface area contributed by atoms with Crippen LogP contribution in [0.25, 0.3) is 27.6 Å². The summed E-state index contributed by atoms with van der Waals surface area (Å²) in [5, 5.41) is 13.3. The van der Waals surface area contributed by atoms with Crippen LogP contribution in [0.2, 0.25) is 0 Å². The fraction of sp³-hybridized carbons (Fsp3) is 0.100. The van der Waals surface area contributed by atoms with Gasteiger partial charge in [0, 0.05) is 11.6 Å². The summed E-state index contributed by atoms with van der Waals surface area (Å²) in [6, 6.07) is 24.4. The van der Waals surface area contributed by atoms with E-state index in [2.05, 4.69) is 9.97 Å². The van der Waals surface area contributed by atoms with Crippen molar-refractivity contribution >= 4 is 45.2 Å². The van der Waals surface area contributed by atoms with Gasteiger partial charge in [-0.2, -0.15) is 0 Å². The number of amides is 1. The van der Waals surface area contributed by atoms with Crippen molar-refractivity contribution in [2.45, 2.75) is 6.04 Å². The lowest BCUT2D eigenvalue weighted by Crippen LogP contribution is -2.30. The maximum Gasteiger partial charge on any atom is 0.302 e. The first kappa shape index (κ1) is 23.3. The van der Waals surface area contributed by atoms with E-state index in [0.29, 0.717) is 33.7 Å². The van der Waals surface area contributed by atoms with Gasteiger partial charge >= 0.3 is 5.91 Å². The average molecular weight is 506 g/mol. The van der Waals surface area contributed by atoms with E-state index < -0.39 is 17.7 Å². The highest BCUT2D eigenvalue weighted by Gasteiger charge is 2.48. The first-order valence-corrected chi connectivity index (χ1v) is 12.0. The number of imidazole rings is 1. The molecule has 6 rings (SSSR count). The molecular formula is C30H23N3O5. The normalized spacial score (nSPS) is 16.9. The number of aliphatic hydroxyl groups is 1. The fourth-order valence-corrected chi connectivity index (χ4v) is 4.97. The number of rotatable bonds is 5. The van der Waals surface area contributed by atoms with Crippen molar-refractivity contribution in [3.63, 3.8) is 0 Å². The highest BCUT2D eigenvalue weighted by Crippen LogP contribution is 2.43. The lowest BCUT2D eigenvalue weighted by molar-refractivity contribution is -0.132. The van der Waals surface area contributed by atoms with E-state index in [4.69, 9.17) is 9.47 Å². The second kappa shape index (κ2) is 9.08. The summed E-state index contributed by atoms with van der Waals surface area (Å²) in [6.45, 7) is 0. The maximum atomic E-state index is 13.6. The number of fused-ring (bicyclic) bond motifs is 2. The number of methoxy groups -OCH3 is 2. The lowest BCUT2D eigenvalue weighted by atomic mass is 9.93. The molecule has 0 spiro atoms. The molecule has 4 aromatic carbocycles. The third kappa shape index (κ3) is 3.66. The molecule has 1 saturated heterocycles. The zero-order valence-electron chi connectivity index (χ0n) is 20.6. The molecule has 38 heavy (non-hydrogen) atoms. The Balaban J connectivity index is 1.60. The highest BCUT2D eigenvalue weighted by molar-refractivity contribution is 6.51. The molecular weight excluding hydrogens is 482 g/mol. The monoisotopic (exact) mass is 505 g/mol. The first-order chi connectivity index (χ1) is 18.5. The number of carbonyl (C=O) groups excluding carboxylic acids is 2. The van der Waals surface area contributed by atoms with Crippen molar-refractivity contribution in [3.05, 3.63) is 102 Å². The van der Waals surface area contributed by atoms with Crippen LogP contribution in [0.1, 0.15) is 17.2 Å². The number of nitrogens with one attached hydrogen (secondary N) is 1. The predicted molar refractivity (Wildman–Crippen MR) is 144 cm³/mol. The van der Waals surface area contributed by atoms with Crippen LogP contribution in [-0.4, -0.2) is 41.0 Å². The van der Waals surface area contributed by atoms with Crippen LogP contribution in [0, 0.1) is 0 Å². The van der Waals surface area contributed by atoms with E-state index in [1.54, 1.807) is 68.8 Å². The molecule has 2 N–H and O–H groups in total. The number of carbonyl (C=O) groups is 2. The summed E-state index contributed by atoms with van der Waals surface area (Å²) in [4.78, 5) is 36.2. The molecule has 8 nitrogen and oxygen atoms in total. The van der Waals surface area contributed by atoms with Crippen LogP contribution in [-0.2, 0) is 9.59 Å². The van der Waals surface area contributed by atoms with Crippen molar-refractivity contribution in [3.8, 4) is 11.5 Å². The molecule has 1 aliphatic heterocycles. The van der Waals surface area contributed by atoms with Crippen LogP contribution in [0.5, 0.6) is 11.5 Å². The van der Waals surface area contributed by atoms with Gasteiger partial charge < -0.3 is 19.6 Å². The van der Waals surface area contributed by atoms with Gasteiger partial charge in [0.25, 0.3) is 5.78 Å². The Morgan fingerprint density at radius 1 is 0.895 bits per heavy atom. The molecule has 1 amide bonds. The fourth-order valence-electron chi connectivity index (χ4n) is 4.97. The Hall–Kier alpha value is -5.11. The van der Waals surface area contributed by atoms with Gasteiger partial charge in [-0.25, -0.2) is 4.98 Å². The van der Waals surface area contributed by atoms with Gasteiger partial charge in [-0.3, -0.25) is 14.5 Å². The molecule has 2 heterocycles. The van der Waals surface area contributed by atoms with Crippen LogP contribution < -0.4 is 14.4 Å². The Morgan fingerprint density at radius 3 is 2.45 bits per heavy atom. The van der Waals surface area contributed by atoms with Crippen molar-refractivity contribution in [1.82, 2.24) is 9.97 Å². The van der Waals surface area contributed by atoms with Gasteiger partial charge in [-0.15, -0.1) is 0 Å². The number of anilines is 1. The van der Waals surface area contributed by atoms with E-state index in [0.717, 1.165) is 10.8 Å². The maximum absolute atomic E-state index is 13.6. The Labute approximate surface area is 217 Å². The Kier molecular flexibility index (Phi) is 5.57. The van der Waals surface area contributed by atoms with Gasteiger partial charge in [0.05, 0.1) is 36.9 Å². The minimum Gasteiger partial charge on any atom is -0.507 e. The van der Waals surface area contributed by atoms with E-state index >= 15 is 0 Å². The molecule has 0 bridgehead atoms. The number of ether oxygens (including phenoxy) is 2. The van der Waals surface area contributed by atoms with Crippen LogP contribution in [0.3, 0.4) is 0 Å². The minimum atomic E-state index is -0.952. The van der Waals surface area contributed by atoms with E-state index in [-0.39, 0.29) is 17.3 Å². The molecule has 1 aliphatic rings. The quantitative estimate of drug-likeness (QED) is 0.189. The van der Waals surface area contributed by atoms with E-state index in [1.807, 2.05) is 30.3 Å². The summed E-state index contributed by atoms with van der Waals surface area (Å²) < 4.78 is 10.7. The number of hydrogen-bond acceptors (Lipinski definition) is 6. The van der Waals surface area contributed by atoms with Crippen LogP contribution in [0.15, 0.2) is 90.5 Å². The number of Topliss-reactive ketones (excluding diaryl/α,β-unsaturated/α-hetero) is 1. The number of ketones is 1. The van der Waals surface area contributed by atoms with Crippen molar-refractivity contribution in [2.75, 3.05) is 19.1 Å². The standard InChI is InChI=1S/C30H23N3O5/c1-37-19-10-5-9-18(15-19)26-25(27(34)22-12-6-8-17-7-3-4-11-21(17)22)28(35)29(36)33(26)30-31-23-14-13-20(38-2)16-24(23)32-30/h3-16,26,34H,1-2H3,(H,31,32)/b27-25+. The number of aromatic amines is 1. The topological polar surface area (TPSA) is 105 Å². The molecule has 8 heteroatoms. The van der Waals surface area contributed by atoms with Crippen LogP contribution in [0.4, 0.5) is 5.95 Å². The van der Waals surface area contributed by atoms with Crippen molar-refractivity contribution in [2.24, 2.45) is 0 Å². The zero-order chi connectivity index (χ0) is 26.4. The summed E-state index contributed by atoms with van der Waals surface area (Å²) in [7, 11) is 3.10. The predicted octanol–water partition coefficient (Wildman–Crippen LogP) is 5.36. The number of aromatic nitrogens is 2. The highest BCUT2D eigenvalue weighted by atomic mass is 16.5. The lowest BCUT2D eigenvalue weighted by Gasteiger charge is -2.23. The molecule has 5 aromatic rings. The molecule has 1 atom stereocenters. The number of benzene rings is 4. The molecule has 1 aromatic heterocycles. The van der Waals surface area contributed by atoms with Gasteiger partial charge in [-0.1, -0.05) is 54.6 Å². The number of aliphatic hydroxyl groups excluding tert-OH is 1. The third-order valence-corrected chi connectivity index (χ3v) is 6.80. The Bertz CT molecular complexity index is 1770. The van der Waals surface area contributed by atoms with Crippen LogP contribution >= 0.6 is 0 Å². The van der Waals surface area contributed by atoms with Gasteiger partial charge in [0.2, 0.25) is 5.95 Å². The largest absolute Gasteiger partial charge is 0.507 e. The Morgan fingerprint density at radius 2 is 1.63 bits per heavy atom. The average Bonchev–Trinajstić information content (AvgIpc) is 3.49. The SMILES string of the molecule is COc1cccc(C2/C(=C(\O)c3cccc4ccccc34)C(=O)C(=O)N2c2nc3ccc(OC)cc3[nH]2)c1. The summed E-state index contributed by atoms with van der Waals surface area (Å²) >= 11 is 0. The molecule has 0 aliphatic carbocycles. The molecule has 0 saturated carbocycles. The third-order valence-electron chi connectivity index (χ3n) is 6.80. The molecule has 1 unspecified atom stereocenters. The number of hydrogen-bond donors (Lipinski definition) is 2. The van der Waals surface area contributed by atoms with E-state index in [1.165, 1.54) is 4.90 Å². The second-order valence-corrected chi connectivity index (χ2v) is 8.92. The summed E-state index contributed by atoms with van der Waals surface area (Å²) in [5.74, 6) is -0.511. The number of nitrogens with zero attached hydrogens (tertiary/aromatic N) is 2. The summed E-state index contributed by atoms with van der Waals surface area (Å²) in [5.41, 5.74) is 2.25. The van der Waals surface area contributed by atoms with Crippen molar-refractivity contribution < 1.29 is 24.2 Å². The minimum absolute atomic E-state index is 0.0300. The van der Waals surface area contributed by atoms with Gasteiger partial charge in [0.15, 0.2) is 0 Å². The van der Waals surface area contributed by atoms with Gasteiger partial charge in [0.1, 0.15) is 17.3 Å². The summed E-state index contributed by atoms with van der Waals surface area (Å²) in [6.07, 6.45) is 0. The second-order valence-electron chi connectivity index (χ2n) is 8.92.